The number of hydrogen-bond acceptors (Lipinski definition) is 2. The number of nitrogens with one attached hydrogen (secondary N) is 1. The first-order chi connectivity index (χ1) is 15.4. The molecule has 2 amide bonds. The van der Waals surface area contributed by atoms with Gasteiger partial charge in [0, 0.05) is 17.8 Å². The van der Waals surface area contributed by atoms with Crippen molar-refractivity contribution in [1.29, 1.82) is 0 Å². The van der Waals surface area contributed by atoms with E-state index in [0.29, 0.717) is 6.54 Å². The van der Waals surface area contributed by atoms with Crippen LogP contribution >= 0.6 is 0 Å². The Morgan fingerprint density at radius 2 is 1.62 bits per heavy atom. The molecule has 0 radical (unpaired) electrons. The highest BCUT2D eigenvalue weighted by Gasteiger charge is 2.15. The Kier molecular flexibility index (Phi) is 7.98. The molecule has 3 aromatic rings. The van der Waals surface area contributed by atoms with Crippen LogP contribution in [0.15, 0.2) is 84.9 Å². The Balaban J connectivity index is 1.87. The summed E-state index contributed by atoms with van der Waals surface area (Å²) in [5, 5.41) is 2.92. The predicted molar refractivity (Wildman–Crippen MR) is 131 cm³/mol. The Morgan fingerprint density at radius 1 is 0.906 bits per heavy atom. The first-order valence-electron chi connectivity index (χ1n) is 10.9. The maximum absolute atomic E-state index is 13.2. The second-order valence-electron chi connectivity index (χ2n) is 8.22. The summed E-state index contributed by atoms with van der Waals surface area (Å²) in [4.78, 5) is 27.2. The molecule has 32 heavy (non-hydrogen) atoms. The summed E-state index contributed by atoms with van der Waals surface area (Å²) in [7, 11) is 0. The summed E-state index contributed by atoms with van der Waals surface area (Å²) in [6, 6.07) is 25.7. The molecular weight excluding hydrogens is 396 g/mol. The maximum atomic E-state index is 13.2. The second kappa shape index (κ2) is 11.1. The summed E-state index contributed by atoms with van der Waals surface area (Å²) >= 11 is 0. The number of carbonyl (C=O) groups excluding carboxylic acids is 2. The van der Waals surface area contributed by atoms with E-state index >= 15 is 0 Å². The Bertz CT molecular complexity index is 1070. The lowest BCUT2D eigenvalue weighted by molar-refractivity contribution is -0.121. The van der Waals surface area contributed by atoms with Crippen LogP contribution in [0, 0.1) is 6.92 Å². The monoisotopic (exact) mass is 426 g/mol. The van der Waals surface area contributed by atoms with Gasteiger partial charge in [0.25, 0.3) is 5.91 Å². The highest BCUT2D eigenvalue weighted by Crippen LogP contribution is 2.21. The molecule has 0 unspecified atom stereocenters. The molecular formula is C28H30N2O2. The minimum atomic E-state index is -0.113. The van der Waals surface area contributed by atoms with E-state index in [1.165, 1.54) is 5.56 Å². The zero-order valence-corrected chi connectivity index (χ0v) is 18.9. The topological polar surface area (TPSA) is 49.4 Å². The fourth-order valence-corrected chi connectivity index (χ4v) is 3.39. The van der Waals surface area contributed by atoms with Crippen LogP contribution in [0.25, 0.3) is 6.08 Å². The lowest BCUT2D eigenvalue weighted by Gasteiger charge is -2.22. The van der Waals surface area contributed by atoms with Crippen LogP contribution in [0.3, 0.4) is 0 Å². The van der Waals surface area contributed by atoms with Crippen LogP contribution in [0.1, 0.15) is 36.1 Å². The second-order valence-corrected chi connectivity index (χ2v) is 8.22. The average Bonchev–Trinajstić information content (AvgIpc) is 2.77. The number of anilines is 1. The molecule has 0 bridgehead atoms. The summed E-state index contributed by atoms with van der Waals surface area (Å²) in [5.41, 5.74) is 4.82. The van der Waals surface area contributed by atoms with Crippen LogP contribution < -0.4 is 10.2 Å². The fourth-order valence-electron chi connectivity index (χ4n) is 3.39. The van der Waals surface area contributed by atoms with E-state index in [2.05, 4.69) is 5.32 Å². The number of aryl methyl sites for hydroxylation is 1. The van der Waals surface area contributed by atoms with Gasteiger partial charge in [-0.15, -0.1) is 0 Å². The summed E-state index contributed by atoms with van der Waals surface area (Å²) < 4.78 is 0. The highest BCUT2D eigenvalue weighted by atomic mass is 16.2. The number of hydrogen-bond donors (Lipinski definition) is 1. The normalized spacial score (nSPS) is 11.0. The smallest absolute Gasteiger partial charge is 0.251 e. The molecule has 4 nitrogen and oxygen atoms in total. The molecule has 3 aromatic carbocycles. The maximum Gasteiger partial charge on any atom is 0.251 e. The van der Waals surface area contributed by atoms with Crippen LogP contribution in [-0.2, 0) is 22.6 Å². The van der Waals surface area contributed by atoms with Gasteiger partial charge in [-0.2, -0.15) is 0 Å². The fraction of sp³-hybridized carbons (Fsp3) is 0.214. The van der Waals surface area contributed by atoms with Gasteiger partial charge < -0.3 is 10.2 Å². The van der Waals surface area contributed by atoms with Gasteiger partial charge in [0.1, 0.15) is 0 Å². The van der Waals surface area contributed by atoms with Crippen molar-refractivity contribution in [3.63, 3.8) is 0 Å². The van der Waals surface area contributed by atoms with Crippen molar-refractivity contribution in [2.75, 3.05) is 4.90 Å². The third-order valence-corrected chi connectivity index (χ3v) is 4.98. The van der Waals surface area contributed by atoms with Gasteiger partial charge in [-0.1, -0.05) is 72.3 Å². The van der Waals surface area contributed by atoms with E-state index in [9.17, 15) is 9.59 Å². The van der Waals surface area contributed by atoms with E-state index in [1.54, 1.807) is 11.0 Å². The van der Waals surface area contributed by atoms with E-state index in [0.717, 1.165) is 22.4 Å². The van der Waals surface area contributed by atoms with Crippen molar-refractivity contribution in [2.45, 2.75) is 39.8 Å². The number of carbonyl (C=O) groups is 2. The van der Waals surface area contributed by atoms with Crippen LogP contribution in [0.5, 0.6) is 0 Å². The number of nitrogens with zero attached hydrogens (tertiary/aromatic N) is 1. The van der Waals surface area contributed by atoms with Gasteiger partial charge in [0.15, 0.2) is 0 Å². The van der Waals surface area contributed by atoms with Crippen molar-refractivity contribution in [3.05, 3.63) is 107 Å². The van der Waals surface area contributed by atoms with Gasteiger partial charge in [-0.25, -0.2) is 0 Å². The Morgan fingerprint density at radius 3 is 2.31 bits per heavy atom. The Labute approximate surface area is 190 Å². The first kappa shape index (κ1) is 23.0. The minimum Gasteiger partial charge on any atom is -0.354 e. The minimum absolute atomic E-state index is 0.0301. The van der Waals surface area contributed by atoms with Crippen LogP contribution in [-0.4, -0.2) is 17.9 Å². The van der Waals surface area contributed by atoms with Gasteiger partial charge in [0.05, 0.1) is 13.0 Å². The van der Waals surface area contributed by atoms with Gasteiger partial charge >= 0.3 is 0 Å². The SMILES string of the molecule is Cc1ccc(CN(C(=O)/C=C/c2ccccc2)c2cccc(CC(=O)NC(C)C)c2)cc1. The summed E-state index contributed by atoms with van der Waals surface area (Å²) in [6.45, 7) is 6.37. The molecule has 0 spiro atoms. The molecule has 0 saturated heterocycles. The van der Waals surface area contributed by atoms with Gasteiger partial charge in [-0.05, 0) is 55.7 Å². The van der Waals surface area contributed by atoms with Crippen LogP contribution in [0.2, 0.25) is 0 Å². The third-order valence-electron chi connectivity index (χ3n) is 4.98. The quantitative estimate of drug-likeness (QED) is 0.496. The largest absolute Gasteiger partial charge is 0.354 e. The zero-order valence-electron chi connectivity index (χ0n) is 18.9. The molecule has 0 heterocycles. The molecule has 4 heteroatoms. The number of rotatable bonds is 8. The van der Waals surface area contributed by atoms with Crippen molar-refractivity contribution in [2.24, 2.45) is 0 Å². The molecule has 0 fully saturated rings. The lowest BCUT2D eigenvalue weighted by atomic mass is 10.1. The van der Waals surface area contributed by atoms with Gasteiger partial charge in [0.2, 0.25) is 5.91 Å². The molecule has 164 valence electrons. The molecule has 0 saturated carbocycles. The van der Waals surface area contributed by atoms with E-state index in [-0.39, 0.29) is 24.3 Å². The lowest BCUT2D eigenvalue weighted by Crippen LogP contribution is -2.31. The van der Waals surface area contributed by atoms with E-state index < -0.39 is 0 Å². The average molecular weight is 427 g/mol. The van der Waals surface area contributed by atoms with Crippen molar-refractivity contribution < 1.29 is 9.59 Å². The van der Waals surface area contributed by atoms with Gasteiger partial charge in [-0.3, -0.25) is 9.59 Å². The number of benzene rings is 3. The molecule has 0 aromatic heterocycles. The molecule has 1 N–H and O–H groups in total. The van der Waals surface area contributed by atoms with Crippen molar-refractivity contribution in [1.82, 2.24) is 5.32 Å². The third kappa shape index (κ3) is 6.95. The molecule has 0 aliphatic carbocycles. The standard InChI is InChI=1S/C28H30N2O2/c1-21(2)29-27(31)19-25-10-7-11-26(18-25)30(20-24-14-12-22(3)13-15-24)28(32)17-16-23-8-5-4-6-9-23/h4-18,21H,19-20H2,1-3H3,(H,29,31)/b17-16+. The summed E-state index contributed by atoms with van der Waals surface area (Å²) in [6.07, 6.45) is 3.70. The molecule has 0 aliphatic heterocycles. The molecule has 3 rings (SSSR count). The summed E-state index contributed by atoms with van der Waals surface area (Å²) in [5.74, 6) is -0.143. The van der Waals surface area contributed by atoms with E-state index in [1.807, 2.05) is 106 Å². The number of amides is 2. The molecule has 0 aliphatic rings. The van der Waals surface area contributed by atoms with E-state index in [4.69, 9.17) is 0 Å². The highest BCUT2D eigenvalue weighted by molar-refractivity contribution is 6.03. The Hall–Kier alpha value is -3.66. The first-order valence-corrected chi connectivity index (χ1v) is 10.9. The zero-order chi connectivity index (χ0) is 22.9. The van der Waals surface area contributed by atoms with Crippen molar-refractivity contribution >= 4 is 23.6 Å². The predicted octanol–water partition coefficient (Wildman–Crippen LogP) is 5.31. The van der Waals surface area contributed by atoms with Crippen molar-refractivity contribution in [3.8, 4) is 0 Å². The van der Waals surface area contributed by atoms with Crippen LogP contribution in [0.4, 0.5) is 5.69 Å². The molecule has 0 atom stereocenters.